The lowest BCUT2D eigenvalue weighted by atomic mass is 10.1. The number of nitrogens with one attached hydrogen (secondary N) is 1. The molecular formula is C13H17F2NO2. The summed E-state index contributed by atoms with van der Waals surface area (Å²) in [5.41, 5.74) is -0.593. The SMILES string of the molecule is CC(CO)(COc1cc(F)cc(F)c1)NC1CC1. The second-order valence-electron chi connectivity index (χ2n) is 5.03. The van der Waals surface area contributed by atoms with E-state index in [4.69, 9.17) is 4.74 Å². The summed E-state index contributed by atoms with van der Waals surface area (Å²) in [5, 5.41) is 12.6. The van der Waals surface area contributed by atoms with Crippen molar-refractivity contribution in [3.05, 3.63) is 29.8 Å². The Hall–Kier alpha value is -1.20. The second-order valence-corrected chi connectivity index (χ2v) is 5.03. The number of hydrogen-bond donors (Lipinski definition) is 2. The third-order valence-electron chi connectivity index (χ3n) is 2.87. The zero-order chi connectivity index (χ0) is 13.2. The number of benzene rings is 1. The molecule has 0 radical (unpaired) electrons. The van der Waals surface area contributed by atoms with Gasteiger partial charge in [0, 0.05) is 24.2 Å². The van der Waals surface area contributed by atoms with Crippen LogP contribution in [0.25, 0.3) is 0 Å². The first-order chi connectivity index (χ1) is 8.50. The maximum absolute atomic E-state index is 13.0. The highest BCUT2D eigenvalue weighted by Crippen LogP contribution is 2.23. The summed E-state index contributed by atoms with van der Waals surface area (Å²) in [5.74, 6) is -1.22. The molecule has 0 heterocycles. The molecule has 1 aliphatic carbocycles. The summed E-state index contributed by atoms with van der Waals surface area (Å²) in [6.07, 6.45) is 2.17. The molecule has 2 N–H and O–H groups in total. The van der Waals surface area contributed by atoms with Gasteiger partial charge in [0.05, 0.1) is 12.1 Å². The average Bonchev–Trinajstić information content (AvgIpc) is 3.09. The van der Waals surface area contributed by atoms with Crippen LogP contribution in [0.15, 0.2) is 18.2 Å². The second kappa shape index (κ2) is 5.20. The number of ether oxygens (including phenoxy) is 1. The van der Waals surface area contributed by atoms with Crippen molar-refractivity contribution >= 4 is 0 Å². The van der Waals surface area contributed by atoms with E-state index in [1.165, 1.54) is 0 Å². The fourth-order valence-corrected chi connectivity index (χ4v) is 1.71. The molecule has 1 atom stereocenters. The van der Waals surface area contributed by atoms with Crippen molar-refractivity contribution in [3.63, 3.8) is 0 Å². The fraction of sp³-hybridized carbons (Fsp3) is 0.538. The van der Waals surface area contributed by atoms with Crippen molar-refractivity contribution in [3.8, 4) is 5.75 Å². The van der Waals surface area contributed by atoms with E-state index in [0.29, 0.717) is 6.04 Å². The third kappa shape index (κ3) is 3.65. The first-order valence-electron chi connectivity index (χ1n) is 5.98. The maximum Gasteiger partial charge on any atom is 0.129 e. The van der Waals surface area contributed by atoms with E-state index in [0.717, 1.165) is 31.0 Å². The van der Waals surface area contributed by atoms with Gasteiger partial charge >= 0.3 is 0 Å². The molecule has 0 aliphatic heterocycles. The van der Waals surface area contributed by atoms with Gasteiger partial charge in [0.15, 0.2) is 0 Å². The van der Waals surface area contributed by atoms with E-state index in [9.17, 15) is 13.9 Å². The molecule has 1 saturated carbocycles. The van der Waals surface area contributed by atoms with Crippen LogP contribution in [-0.4, -0.2) is 29.9 Å². The van der Waals surface area contributed by atoms with Crippen LogP contribution in [0.4, 0.5) is 8.78 Å². The Bertz CT molecular complexity index is 403. The molecule has 0 amide bonds. The molecule has 0 spiro atoms. The van der Waals surface area contributed by atoms with Crippen LogP contribution in [0.5, 0.6) is 5.75 Å². The van der Waals surface area contributed by atoms with Gasteiger partial charge in [0.1, 0.15) is 24.0 Å². The van der Waals surface area contributed by atoms with Crippen molar-refractivity contribution in [2.75, 3.05) is 13.2 Å². The molecule has 0 saturated heterocycles. The van der Waals surface area contributed by atoms with E-state index in [1.807, 2.05) is 6.92 Å². The smallest absolute Gasteiger partial charge is 0.129 e. The molecule has 2 rings (SSSR count). The van der Waals surface area contributed by atoms with Crippen LogP contribution in [0.3, 0.4) is 0 Å². The monoisotopic (exact) mass is 257 g/mol. The molecule has 1 aromatic carbocycles. The predicted molar refractivity (Wildman–Crippen MR) is 63.5 cm³/mol. The van der Waals surface area contributed by atoms with E-state index in [1.54, 1.807) is 0 Å². The summed E-state index contributed by atoms with van der Waals surface area (Å²) in [6, 6.07) is 3.45. The van der Waals surface area contributed by atoms with Crippen LogP contribution in [0, 0.1) is 11.6 Å². The fourth-order valence-electron chi connectivity index (χ4n) is 1.71. The number of rotatable bonds is 6. The molecule has 5 heteroatoms. The van der Waals surface area contributed by atoms with Crippen molar-refractivity contribution in [2.24, 2.45) is 0 Å². The normalized spacial score (nSPS) is 18.4. The molecule has 1 unspecified atom stereocenters. The molecule has 1 fully saturated rings. The summed E-state index contributed by atoms with van der Waals surface area (Å²) < 4.78 is 31.3. The first-order valence-corrected chi connectivity index (χ1v) is 5.98. The van der Waals surface area contributed by atoms with Crippen LogP contribution in [-0.2, 0) is 0 Å². The number of aliphatic hydroxyl groups is 1. The Morgan fingerprint density at radius 3 is 2.44 bits per heavy atom. The van der Waals surface area contributed by atoms with Gasteiger partial charge in [0.25, 0.3) is 0 Å². The minimum Gasteiger partial charge on any atom is -0.491 e. The summed E-state index contributed by atoms with van der Waals surface area (Å²) in [4.78, 5) is 0. The lowest BCUT2D eigenvalue weighted by Crippen LogP contribution is -2.51. The Labute approximate surface area is 105 Å². The van der Waals surface area contributed by atoms with Gasteiger partial charge in [-0.2, -0.15) is 0 Å². The zero-order valence-corrected chi connectivity index (χ0v) is 10.2. The highest BCUT2D eigenvalue weighted by Gasteiger charge is 2.32. The minimum atomic E-state index is -0.675. The van der Waals surface area contributed by atoms with Gasteiger partial charge in [0.2, 0.25) is 0 Å². The van der Waals surface area contributed by atoms with Gasteiger partial charge in [-0.15, -0.1) is 0 Å². The topological polar surface area (TPSA) is 41.5 Å². The highest BCUT2D eigenvalue weighted by atomic mass is 19.1. The first kappa shape index (κ1) is 13.2. The van der Waals surface area contributed by atoms with Crippen LogP contribution >= 0.6 is 0 Å². The van der Waals surface area contributed by atoms with Gasteiger partial charge in [-0.05, 0) is 19.8 Å². The average molecular weight is 257 g/mol. The molecule has 3 nitrogen and oxygen atoms in total. The Balaban J connectivity index is 1.95. The number of hydrogen-bond acceptors (Lipinski definition) is 3. The van der Waals surface area contributed by atoms with Gasteiger partial charge in [-0.3, -0.25) is 0 Å². The third-order valence-corrected chi connectivity index (χ3v) is 2.87. The summed E-state index contributed by atoms with van der Waals surface area (Å²) in [7, 11) is 0. The van der Waals surface area contributed by atoms with Crippen LogP contribution in [0.2, 0.25) is 0 Å². The van der Waals surface area contributed by atoms with Gasteiger partial charge in [-0.25, -0.2) is 8.78 Å². The summed E-state index contributed by atoms with van der Waals surface area (Å²) in [6.45, 7) is 1.88. The minimum absolute atomic E-state index is 0.0959. The van der Waals surface area contributed by atoms with E-state index < -0.39 is 17.2 Å². The number of halogens is 2. The largest absolute Gasteiger partial charge is 0.491 e. The van der Waals surface area contributed by atoms with Crippen molar-refractivity contribution in [2.45, 2.75) is 31.3 Å². The highest BCUT2D eigenvalue weighted by molar-refractivity contribution is 5.24. The van der Waals surface area contributed by atoms with Gasteiger partial charge in [-0.1, -0.05) is 0 Å². The molecule has 0 aromatic heterocycles. The van der Waals surface area contributed by atoms with Gasteiger partial charge < -0.3 is 15.2 Å². The molecule has 100 valence electrons. The molecule has 0 bridgehead atoms. The summed E-state index contributed by atoms with van der Waals surface area (Å²) >= 11 is 0. The predicted octanol–water partition coefficient (Wildman–Crippen LogP) is 1.85. The van der Waals surface area contributed by atoms with E-state index in [-0.39, 0.29) is 19.0 Å². The van der Waals surface area contributed by atoms with E-state index in [2.05, 4.69) is 5.32 Å². The molecular weight excluding hydrogens is 240 g/mol. The maximum atomic E-state index is 13.0. The Kier molecular flexibility index (Phi) is 3.82. The lowest BCUT2D eigenvalue weighted by Gasteiger charge is -2.28. The van der Waals surface area contributed by atoms with E-state index >= 15 is 0 Å². The van der Waals surface area contributed by atoms with Crippen molar-refractivity contribution < 1.29 is 18.6 Å². The Morgan fingerprint density at radius 1 is 1.33 bits per heavy atom. The lowest BCUT2D eigenvalue weighted by molar-refractivity contribution is 0.114. The molecule has 18 heavy (non-hydrogen) atoms. The quantitative estimate of drug-likeness (QED) is 0.817. The molecule has 1 aromatic rings. The van der Waals surface area contributed by atoms with Crippen molar-refractivity contribution in [1.29, 1.82) is 0 Å². The Morgan fingerprint density at radius 2 is 1.94 bits per heavy atom. The molecule has 1 aliphatic rings. The van der Waals surface area contributed by atoms with Crippen LogP contribution < -0.4 is 10.1 Å². The zero-order valence-electron chi connectivity index (χ0n) is 10.2. The number of aliphatic hydroxyl groups excluding tert-OH is 1. The van der Waals surface area contributed by atoms with Crippen molar-refractivity contribution in [1.82, 2.24) is 5.32 Å². The van der Waals surface area contributed by atoms with Crippen LogP contribution in [0.1, 0.15) is 19.8 Å². The standard InChI is InChI=1S/C13H17F2NO2/c1-13(7-17,16-11-2-3-11)8-18-12-5-9(14)4-10(15)6-12/h4-6,11,16-17H,2-3,7-8H2,1H3.